The van der Waals surface area contributed by atoms with Gasteiger partial charge >= 0.3 is 12.0 Å². The number of nitrogens with one attached hydrogen (secondary N) is 2. The molecule has 1 aliphatic rings. The second-order valence-corrected chi connectivity index (χ2v) is 8.32. The van der Waals surface area contributed by atoms with Crippen molar-refractivity contribution in [3.8, 4) is 5.75 Å². The molecule has 0 saturated carbocycles. The summed E-state index contributed by atoms with van der Waals surface area (Å²) < 4.78 is 10.7. The summed E-state index contributed by atoms with van der Waals surface area (Å²) in [6.07, 6.45) is 1.29. The molecule has 0 unspecified atom stereocenters. The van der Waals surface area contributed by atoms with Crippen LogP contribution in [0.5, 0.6) is 5.75 Å². The molecule has 1 aromatic carbocycles. The zero-order valence-electron chi connectivity index (χ0n) is 18.8. The van der Waals surface area contributed by atoms with Crippen LogP contribution in [0, 0.1) is 5.92 Å². The third kappa shape index (κ3) is 5.88. The topological polar surface area (TPSA) is 138 Å². The minimum absolute atomic E-state index is 0.0512. The van der Waals surface area contributed by atoms with Gasteiger partial charge in [-0.25, -0.2) is 9.59 Å². The van der Waals surface area contributed by atoms with E-state index in [9.17, 15) is 19.2 Å². The molecule has 0 radical (unpaired) electrons. The summed E-state index contributed by atoms with van der Waals surface area (Å²) in [4.78, 5) is 50.7. The van der Waals surface area contributed by atoms with Gasteiger partial charge in [0.15, 0.2) is 0 Å². The average Bonchev–Trinajstić information content (AvgIpc) is 3.25. The lowest BCUT2D eigenvalue weighted by atomic mass is 9.97. The van der Waals surface area contributed by atoms with E-state index in [0.29, 0.717) is 29.2 Å². The van der Waals surface area contributed by atoms with Crippen LogP contribution in [0.4, 0.5) is 4.79 Å². The number of rotatable bonds is 8. The Morgan fingerprint density at radius 1 is 1.32 bits per heavy atom. The highest BCUT2D eigenvalue weighted by Gasteiger charge is 2.35. The summed E-state index contributed by atoms with van der Waals surface area (Å²) in [6, 6.07) is 6.36. The van der Waals surface area contributed by atoms with Crippen molar-refractivity contribution in [3.63, 3.8) is 0 Å². The van der Waals surface area contributed by atoms with E-state index in [-0.39, 0.29) is 24.5 Å². The number of halogens is 1. The Labute approximate surface area is 201 Å². The van der Waals surface area contributed by atoms with Gasteiger partial charge in [-0.1, -0.05) is 24.9 Å². The van der Waals surface area contributed by atoms with Gasteiger partial charge in [0.1, 0.15) is 18.1 Å². The molecular formula is C23H26ClN3O7. The molecule has 2 aromatic rings. The van der Waals surface area contributed by atoms with E-state index in [1.165, 1.54) is 19.2 Å². The summed E-state index contributed by atoms with van der Waals surface area (Å²) in [7, 11) is 1.50. The van der Waals surface area contributed by atoms with Gasteiger partial charge in [-0.3, -0.25) is 14.5 Å². The van der Waals surface area contributed by atoms with Gasteiger partial charge in [-0.05, 0) is 48.7 Å². The van der Waals surface area contributed by atoms with Gasteiger partial charge < -0.3 is 24.9 Å². The maximum atomic E-state index is 13.3. The number of methoxy groups -OCH3 is 1. The molecule has 11 heteroatoms. The van der Waals surface area contributed by atoms with Gasteiger partial charge in [-0.2, -0.15) is 0 Å². The predicted molar refractivity (Wildman–Crippen MR) is 122 cm³/mol. The first kappa shape index (κ1) is 25.1. The quantitative estimate of drug-likeness (QED) is 0.516. The molecule has 0 bridgehead atoms. The number of benzene rings is 1. The molecule has 10 nitrogen and oxygen atoms in total. The lowest BCUT2D eigenvalue weighted by Crippen LogP contribution is -2.48. The highest BCUT2D eigenvalue weighted by Crippen LogP contribution is 2.27. The molecule has 1 fully saturated rings. The first-order chi connectivity index (χ1) is 16.2. The van der Waals surface area contributed by atoms with E-state index in [2.05, 4.69) is 10.6 Å². The van der Waals surface area contributed by atoms with Crippen molar-refractivity contribution >= 4 is 35.4 Å². The first-order valence-electron chi connectivity index (χ1n) is 10.8. The van der Waals surface area contributed by atoms with Gasteiger partial charge in [0.25, 0.3) is 0 Å². The summed E-state index contributed by atoms with van der Waals surface area (Å²) in [5.74, 6) is -2.42. The Morgan fingerprint density at radius 2 is 2.09 bits per heavy atom. The molecule has 3 rings (SSSR count). The molecule has 34 heavy (non-hydrogen) atoms. The number of imide groups is 1. The van der Waals surface area contributed by atoms with E-state index >= 15 is 0 Å². The smallest absolute Gasteiger partial charge is 0.371 e. The van der Waals surface area contributed by atoms with Gasteiger partial charge in [-0.15, -0.1) is 0 Å². The molecule has 182 valence electrons. The van der Waals surface area contributed by atoms with Crippen LogP contribution in [0.2, 0.25) is 5.02 Å². The molecule has 0 spiro atoms. The number of nitrogens with zero attached hydrogens (tertiary/aromatic N) is 1. The number of carbonyl (C=O) groups excluding carboxylic acids is 3. The second-order valence-electron chi connectivity index (χ2n) is 7.88. The summed E-state index contributed by atoms with van der Waals surface area (Å²) >= 11 is 6.10. The van der Waals surface area contributed by atoms with Crippen molar-refractivity contribution in [2.75, 3.05) is 20.2 Å². The number of hydrogen-bond donors (Lipinski definition) is 3. The molecule has 4 amide bonds. The lowest BCUT2D eigenvalue weighted by molar-refractivity contribution is -0.133. The van der Waals surface area contributed by atoms with E-state index < -0.39 is 42.3 Å². The maximum Gasteiger partial charge on any atom is 0.371 e. The van der Waals surface area contributed by atoms with Gasteiger partial charge in [0.05, 0.1) is 19.1 Å². The first-order valence-corrected chi connectivity index (χ1v) is 11.1. The molecule has 2 atom stereocenters. The number of amides is 4. The molecule has 0 aliphatic carbocycles. The zero-order chi connectivity index (χ0) is 24.8. The van der Waals surface area contributed by atoms with Crippen molar-refractivity contribution in [1.29, 1.82) is 0 Å². The predicted octanol–water partition coefficient (Wildman–Crippen LogP) is 3.01. The van der Waals surface area contributed by atoms with Crippen LogP contribution < -0.4 is 15.4 Å². The molecule has 1 aromatic heterocycles. The lowest BCUT2D eigenvalue weighted by Gasteiger charge is -2.25. The normalized spacial score (nSPS) is 17.0. The van der Waals surface area contributed by atoms with Crippen LogP contribution in [0.15, 0.2) is 34.7 Å². The fourth-order valence-electron chi connectivity index (χ4n) is 3.78. The largest absolute Gasteiger partial charge is 0.496 e. The molecule has 2 heterocycles. The third-order valence-electron chi connectivity index (χ3n) is 5.47. The van der Waals surface area contributed by atoms with E-state index in [4.69, 9.17) is 25.9 Å². The molecule has 3 N–H and O–H groups in total. The highest BCUT2D eigenvalue weighted by molar-refractivity contribution is 6.30. The van der Waals surface area contributed by atoms with Crippen molar-refractivity contribution in [3.05, 3.63) is 52.4 Å². The number of carboxylic acid groups (broad SMARTS) is 1. The Balaban J connectivity index is 1.81. The van der Waals surface area contributed by atoms with Crippen LogP contribution >= 0.6 is 11.6 Å². The number of aromatic carboxylic acids is 1. The number of furan rings is 1. The van der Waals surface area contributed by atoms with E-state index in [1.54, 1.807) is 18.2 Å². The number of ether oxygens (including phenoxy) is 1. The van der Waals surface area contributed by atoms with Gasteiger partial charge in [0.2, 0.25) is 17.6 Å². The summed E-state index contributed by atoms with van der Waals surface area (Å²) in [5, 5.41) is 14.9. The fraction of sp³-hybridized carbons (Fsp3) is 0.391. The second kappa shape index (κ2) is 11.1. The molecule has 1 aliphatic heterocycles. The van der Waals surface area contributed by atoms with Crippen LogP contribution in [-0.2, 0) is 16.0 Å². The van der Waals surface area contributed by atoms with E-state index in [1.807, 2.05) is 6.92 Å². The Morgan fingerprint density at radius 3 is 2.74 bits per heavy atom. The van der Waals surface area contributed by atoms with Gasteiger partial charge in [0, 0.05) is 11.6 Å². The number of carbonyl (C=O) groups is 4. The minimum Gasteiger partial charge on any atom is -0.496 e. The average molecular weight is 492 g/mol. The number of hydrogen-bond acceptors (Lipinski definition) is 6. The maximum absolute atomic E-state index is 13.3. The molecular weight excluding hydrogens is 466 g/mol. The van der Waals surface area contributed by atoms with Crippen LogP contribution in [-0.4, -0.2) is 54.0 Å². The SMILES string of the molecule is CCC[C@@H](NC(=O)N1CC(=O)NC[C@@H](Cc2cc(Cl)ccc2OC)C1=O)c1ccc(C(=O)O)o1. The third-order valence-corrected chi connectivity index (χ3v) is 5.71. The fourth-order valence-corrected chi connectivity index (χ4v) is 3.98. The standard InChI is InChI=1S/C23H26ClN3O7/c1-3-4-16(18-7-8-19(34-18)22(30)31)26-23(32)27-12-20(28)25-11-14(21(27)29)9-13-10-15(24)5-6-17(13)33-2/h5-8,10,14,16H,3-4,9,11-12H2,1-2H3,(H,25,28)(H,26,32)(H,30,31)/t14-,16-/m1/s1. The minimum atomic E-state index is -1.23. The van der Waals surface area contributed by atoms with Crippen molar-refractivity contribution in [2.24, 2.45) is 5.92 Å². The van der Waals surface area contributed by atoms with Crippen LogP contribution in [0.3, 0.4) is 0 Å². The van der Waals surface area contributed by atoms with Crippen molar-refractivity contribution < 1.29 is 33.4 Å². The monoisotopic (exact) mass is 491 g/mol. The van der Waals surface area contributed by atoms with Crippen molar-refractivity contribution in [2.45, 2.75) is 32.2 Å². The van der Waals surface area contributed by atoms with Crippen LogP contribution in [0.1, 0.15) is 47.7 Å². The summed E-state index contributed by atoms with van der Waals surface area (Å²) in [5.41, 5.74) is 0.672. The summed E-state index contributed by atoms with van der Waals surface area (Å²) in [6.45, 7) is 1.50. The Bertz CT molecular complexity index is 1080. The zero-order valence-corrected chi connectivity index (χ0v) is 19.6. The Hall–Kier alpha value is -3.53. The highest BCUT2D eigenvalue weighted by atomic mass is 35.5. The van der Waals surface area contributed by atoms with E-state index in [0.717, 1.165) is 4.90 Å². The van der Waals surface area contributed by atoms with Crippen LogP contribution in [0.25, 0.3) is 0 Å². The van der Waals surface area contributed by atoms with Crippen molar-refractivity contribution in [1.82, 2.24) is 15.5 Å². The number of carboxylic acids is 1. The number of urea groups is 1. The molecule has 1 saturated heterocycles. The Kier molecular flexibility index (Phi) is 8.17.